The highest BCUT2D eigenvalue weighted by molar-refractivity contribution is 5.76. The molecule has 0 amide bonds. The normalized spacial score (nSPS) is 45.5. The van der Waals surface area contributed by atoms with Crippen molar-refractivity contribution in [1.29, 1.82) is 0 Å². The molecule has 0 spiro atoms. The monoisotopic (exact) mass is 270 g/mol. The van der Waals surface area contributed by atoms with Crippen molar-refractivity contribution in [1.82, 2.24) is 0 Å². The molecule has 1 aromatic carbocycles. The molecule has 4 saturated carbocycles. The van der Waals surface area contributed by atoms with E-state index in [4.69, 9.17) is 0 Å². The van der Waals surface area contributed by atoms with Crippen LogP contribution in [0.5, 0.6) is 0 Å². The van der Waals surface area contributed by atoms with Crippen molar-refractivity contribution in [3.05, 3.63) is 35.9 Å². The fraction of sp³-hybridized carbons (Fsp3) is 0.611. The number of carbonyl (C=O) groups is 1. The minimum atomic E-state index is -0.548. The zero-order chi connectivity index (χ0) is 14.0. The van der Waals surface area contributed by atoms with Gasteiger partial charge in [0.25, 0.3) is 0 Å². The molecule has 106 valence electrons. The molecule has 5 rings (SSSR count). The molecule has 4 fully saturated rings. The molecule has 0 aliphatic heterocycles. The Morgan fingerprint density at radius 1 is 1.10 bits per heavy atom. The van der Waals surface area contributed by atoms with Gasteiger partial charge in [0.05, 0.1) is 5.41 Å². The van der Waals surface area contributed by atoms with E-state index in [0.717, 1.165) is 19.3 Å². The molecule has 20 heavy (non-hydrogen) atoms. The predicted molar refractivity (Wildman–Crippen MR) is 77.5 cm³/mol. The van der Waals surface area contributed by atoms with E-state index in [-0.39, 0.29) is 10.8 Å². The fourth-order valence-corrected chi connectivity index (χ4v) is 6.27. The molecule has 0 saturated heterocycles. The second-order valence-electron chi connectivity index (χ2n) is 8.05. The first-order valence-electron chi connectivity index (χ1n) is 7.75. The SMILES string of the molecule is CC12CC3CC(C(=O)O)(C1)CC(c1ccccc1)(C3)C2. The van der Waals surface area contributed by atoms with Gasteiger partial charge in [-0.3, -0.25) is 4.79 Å². The first-order valence-corrected chi connectivity index (χ1v) is 7.75. The number of carboxylic acid groups (broad SMARTS) is 1. The van der Waals surface area contributed by atoms with Gasteiger partial charge in [-0.15, -0.1) is 0 Å². The number of hydrogen-bond donors (Lipinski definition) is 1. The van der Waals surface area contributed by atoms with E-state index in [9.17, 15) is 9.90 Å². The van der Waals surface area contributed by atoms with Crippen molar-refractivity contribution in [2.45, 2.75) is 50.9 Å². The highest BCUT2D eigenvalue weighted by Crippen LogP contribution is 2.69. The highest BCUT2D eigenvalue weighted by Gasteiger charge is 2.64. The third-order valence-corrected chi connectivity index (χ3v) is 6.19. The van der Waals surface area contributed by atoms with Crippen LogP contribution in [0.4, 0.5) is 0 Å². The Morgan fingerprint density at radius 3 is 2.50 bits per heavy atom. The van der Waals surface area contributed by atoms with Gasteiger partial charge < -0.3 is 5.11 Å². The largest absolute Gasteiger partial charge is 0.481 e. The summed E-state index contributed by atoms with van der Waals surface area (Å²) in [6.07, 6.45) is 6.26. The van der Waals surface area contributed by atoms with Gasteiger partial charge in [-0.25, -0.2) is 0 Å². The first kappa shape index (κ1) is 12.4. The first-order chi connectivity index (χ1) is 9.46. The van der Waals surface area contributed by atoms with Gasteiger partial charge in [-0.1, -0.05) is 37.3 Å². The van der Waals surface area contributed by atoms with Crippen LogP contribution in [-0.2, 0) is 10.2 Å². The van der Waals surface area contributed by atoms with Crippen LogP contribution in [0.15, 0.2) is 30.3 Å². The maximum absolute atomic E-state index is 12.0. The summed E-state index contributed by atoms with van der Waals surface area (Å²) in [5, 5.41) is 9.85. The maximum Gasteiger partial charge on any atom is 0.309 e. The van der Waals surface area contributed by atoms with Crippen LogP contribution in [0.1, 0.15) is 51.0 Å². The molecule has 1 N–H and O–H groups in total. The fourth-order valence-electron chi connectivity index (χ4n) is 6.27. The van der Waals surface area contributed by atoms with E-state index in [1.807, 2.05) is 0 Å². The summed E-state index contributed by atoms with van der Waals surface area (Å²) in [6.45, 7) is 2.33. The van der Waals surface area contributed by atoms with E-state index in [2.05, 4.69) is 37.3 Å². The summed E-state index contributed by atoms with van der Waals surface area (Å²) in [5.41, 5.74) is 1.27. The smallest absolute Gasteiger partial charge is 0.309 e. The predicted octanol–water partition coefficient (Wildman–Crippen LogP) is 4.00. The molecule has 4 aliphatic rings. The molecule has 0 aromatic heterocycles. The van der Waals surface area contributed by atoms with Crippen LogP contribution in [0, 0.1) is 16.7 Å². The van der Waals surface area contributed by atoms with E-state index in [1.54, 1.807) is 0 Å². The quantitative estimate of drug-likeness (QED) is 0.882. The Morgan fingerprint density at radius 2 is 1.85 bits per heavy atom. The van der Waals surface area contributed by atoms with Gasteiger partial charge in [0.1, 0.15) is 0 Å². The number of carboxylic acids is 1. The zero-order valence-corrected chi connectivity index (χ0v) is 12.1. The van der Waals surface area contributed by atoms with Crippen LogP contribution in [0.2, 0.25) is 0 Å². The topological polar surface area (TPSA) is 37.3 Å². The van der Waals surface area contributed by atoms with Crippen molar-refractivity contribution in [3.63, 3.8) is 0 Å². The van der Waals surface area contributed by atoms with Gasteiger partial charge in [-0.05, 0) is 60.8 Å². The van der Waals surface area contributed by atoms with Gasteiger partial charge in [0.2, 0.25) is 0 Å². The molecule has 4 bridgehead atoms. The van der Waals surface area contributed by atoms with Gasteiger partial charge in [-0.2, -0.15) is 0 Å². The Bertz CT molecular complexity index is 566. The summed E-state index contributed by atoms with van der Waals surface area (Å²) >= 11 is 0. The van der Waals surface area contributed by atoms with Crippen LogP contribution in [-0.4, -0.2) is 11.1 Å². The zero-order valence-electron chi connectivity index (χ0n) is 12.1. The maximum atomic E-state index is 12.0. The lowest BCUT2D eigenvalue weighted by molar-refractivity contribution is -0.176. The molecular formula is C18H22O2. The molecule has 4 aliphatic carbocycles. The lowest BCUT2D eigenvalue weighted by Gasteiger charge is -2.64. The van der Waals surface area contributed by atoms with E-state index < -0.39 is 11.4 Å². The van der Waals surface area contributed by atoms with Gasteiger partial charge in [0.15, 0.2) is 0 Å². The number of benzene rings is 1. The van der Waals surface area contributed by atoms with Gasteiger partial charge >= 0.3 is 5.97 Å². The Balaban J connectivity index is 1.85. The number of rotatable bonds is 2. The van der Waals surface area contributed by atoms with Crippen LogP contribution in [0.3, 0.4) is 0 Å². The molecule has 0 radical (unpaired) electrons. The van der Waals surface area contributed by atoms with E-state index >= 15 is 0 Å². The lowest BCUT2D eigenvalue weighted by atomic mass is 9.39. The summed E-state index contributed by atoms with van der Waals surface area (Å²) in [4.78, 5) is 12.0. The number of aliphatic carboxylic acids is 1. The van der Waals surface area contributed by atoms with Crippen molar-refractivity contribution < 1.29 is 9.90 Å². The molecule has 4 atom stereocenters. The molecule has 2 heteroatoms. The van der Waals surface area contributed by atoms with Crippen LogP contribution in [0.25, 0.3) is 0 Å². The minimum Gasteiger partial charge on any atom is -0.481 e. The second kappa shape index (κ2) is 3.66. The second-order valence-corrected chi connectivity index (χ2v) is 8.05. The summed E-state index contributed by atoms with van der Waals surface area (Å²) in [7, 11) is 0. The average molecular weight is 270 g/mol. The summed E-state index contributed by atoms with van der Waals surface area (Å²) in [6, 6.07) is 10.7. The van der Waals surface area contributed by atoms with Crippen LogP contribution >= 0.6 is 0 Å². The Hall–Kier alpha value is -1.31. The third kappa shape index (κ3) is 1.54. The third-order valence-electron chi connectivity index (χ3n) is 6.19. The minimum absolute atomic E-state index is 0.119. The van der Waals surface area contributed by atoms with E-state index in [1.165, 1.54) is 24.8 Å². The highest BCUT2D eigenvalue weighted by atomic mass is 16.4. The Kier molecular flexibility index (Phi) is 2.28. The molecule has 4 unspecified atom stereocenters. The number of hydrogen-bond acceptors (Lipinski definition) is 1. The average Bonchev–Trinajstić information content (AvgIpc) is 2.37. The van der Waals surface area contributed by atoms with Gasteiger partial charge in [0, 0.05) is 0 Å². The molecule has 0 heterocycles. The molecule has 2 nitrogen and oxygen atoms in total. The van der Waals surface area contributed by atoms with Crippen LogP contribution < -0.4 is 0 Å². The standard InChI is InChI=1S/C18H22O2/c1-16-7-13-8-17(10-16,14-5-3-2-4-6-14)12-18(9-13,11-16)15(19)20/h2-6,13H,7-12H2,1H3,(H,19,20). The van der Waals surface area contributed by atoms with Crippen molar-refractivity contribution >= 4 is 5.97 Å². The summed E-state index contributed by atoms with van der Waals surface area (Å²) < 4.78 is 0. The molecule has 1 aromatic rings. The lowest BCUT2D eigenvalue weighted by Crippen LogP contribution is -2.60. The van der Waals surface area contributed by atoms with E-state index in [0.29, 0.717) is 5.92 Å². The van der Waals surface area contributed by atoms with Crippen molar-refractivity contribution in [2.24, 2.45) is 16.7 Å². The summed E-state index contributed by atoms with van der Waals surface area (Å²) in [5.74, 6) is 0.0562. The molecular weight excluding hydrogens is 248 g/mol. The van der Waals surface area contributed by atoms with Crippen molar-refractivity contribution in [2.75, 3.05) is 0 Å². The Labute approximate surface area is 120 Å². The van der Waals surface area contributed by atoms with Crippen molar-refractivity contribution in [3.8, 4) is 0 Å².